The lowest BCUT2D eigenvalue weighted by Crippen LogP contribution is -2.14. The maximum absolute atomic E-state index is 4.90. The highest BCUT2D eigenvalue weighted by Crippen LogP contribution is 2.31. The van der Waals surface area contributed by atoms with Gasteiger partial charge in [-0.05, 0) is 49.4 Å². The zero-order valence-corrected chi connectivity index (χ0v) is 11.2. The first-order valence-electron chi connectivity index (χ1n) is 6.92. The van der Waals surface area contributed by atoms with Crippen molar-refractivity contribution < 1.29 is 0 Å². The van der Waals surface area contributed by atoms with Gasteiger partial charge in [0.15, 0.2) is 0 Å². The lowest BCUT2D eigenvalue weighted by Gasteiger charge is -2.14. The molecule has 0 aliphatic heterocycles. The van der Waals surface area contributed by atoms with Gasteiger partial charge >= 0.3 is 0 Å². The number of benzene rings is 1. The zero-order valence-electron chi connectivity index (χ0n) is 11.2. The molecular weight excluding hydrogens is 220 g/mol. The van der Waals surface area contributed by atoms with Crippen molar-refractivity contribution in [3.05, 3.63) is 40.6 Å². The minimum absolute atomic E-state index is 0.974. The van der Waals surface area contributed by atoms with Crippen LogP contribution in [0.2, 0.25) is 0 Å². The second-order valence-corrected chi connectivity index (χ2v) is 5.12. The molecule has 1 aliphatic rings. The van der Waals surface area contributed by atoms with Crippen molar-refractivity contribution in [3.8, 4) is 0 Å². The normalized spacial score (nSPS) is 14.1. The quantitative estimate of drug-likeness (QED) is 0.891. The van der Waals surface area contributed by atoms with Crippen molar-refractivity contribution in [3.63, 3.8) is 0 Å². The van der Waals surface area contributed by atoms with Crippen LogP contribution in [0, 0.1) is 6.92 Å². The zero-order chi connectivity index (χ0) is 12.5. The molecule has 1 heterocycles. The lowest BCUT2D eigenvalue weighted by molar-refractivity contribution is 0.724. The van der Waals surface area contributed by atoms with Crippen LogP contribution in [0.1, 0.15) is 35.7 Å². The Bertz CT molecular complexity index is 587. The third kappa shape index (κ3) is 1.81. The maximum atomic E-state index is 4.90. The molecule has 1 N–H and O–H groups in total. The Morgan fingerprint density at radius 2 is 2.17 bits per heavy atom. The molecule has 1 aromatic heterocycles. The molecule has 0 spiro atoms. The summed E-state index contributed by atoms with van der Waals surface area (Å²) in [6, 6.07) is 6.53. The number of fused-ring (bicyclic) bond motifs is 2. The van der Waals surface area contributed by atoms with E-state index in [0.29, 0.717) is 0 Å². The number of nitrogens with one attached hydrogen (secondary N) is 1. The van der Waals surface area contributed by atoms with Crippen LogP contribution in [-0.2, 0) is 19.4 Å². The van der Waals surface area contributed by atoms with Crippen molar-refractivity contribution in [2.24, 2.45) is 0 Å². The maximum Gasteiger partial charge on any atom is 0.0737 e. The van der Waals surface area contributed by atoms with Gasteiger partial charge in [-0.2, -0.15) is 0 Å². The van der Waals surface area contributed by atoms with Crippen molar-refractivity contribution in [1.29, 1.82) is 0 Å². The number of rotatable bonds is 3. The summed E-state index contributed by atoms with van der Waals surface area (Å²) < 4.78 is 0. The van der Waals surface area contributed by atoms with E-state index in [1.807, 2.05) is 0 Å². The van der Waals surface area contributed by atoms with Crippen LogP contribution in [0.5, 0.6) is 0 Å². The van der Waals surface area contributed by atoms with E-state index in [2.05, 4.69) is 37.4 Å². The topological polar surface area (TPSA) is 24.9 Å². The average molecular weight is 240 g/mol. The third-order valence-corrected chi connectivity index (χ3v) is 3.91. The van der Waals surface area contributed by atoms with E-state index < -0.39 is 0 Å². The first kappa shape index (κ1) is 11.7. The monoisotopic (exact) mass is 240 g/mol. The molecule has 0 saturated carbocycles. The molecule has 0 atom stereocenters. The minimum atomic E-state index is 0.974. The summed E-state index contributed by atoms with van der Waals surface area (Å²) >= 11 is 0. The van der Waals surface area contributed by atoms with Gasteiger partial charge in [0.25, 0.3) is 0 Å². The van der Waals surface area contributed by atoms with Crippen LogP contribution in [0.25, 0.3) is 10.9 Å². The van der Waals surface area contributed by atoms with Gasteiger partial charge in [0.2, 0.25) is 0 Å². The number of aromatic nitrogens is 1. The molecule has 0 bridgehead atoms. The minimum Gasteiger partial charge on any atom is -0.313 e. The van der Waals surface area contributed by atoms with Crippen LogP contribution in [0.3, 0.4) is 0 Å². The first-order chi connectivity index (χ1) is 8.81. The first-order valence-corrected chi connectivity index (χ1v) is 6.92. The number of hydrogen-bond acceptors (Lipinski definition) is 2. The summed E-state index contributed by atoms with van der Waals surface area (Å²) in [6.45, 7) is 6.31. The molecule has 18 heavy (non-hydrogen) atoms. The molecule has 2 heteroatoms. The number of hydrogen-bond donors (Lipinski definition) is 1. The highest BCUT2D eigenvalue weighted by atomic mass is 14.8. The van der Waals surface area contributed by atoms with E-state index in [1.165, 1.54) is 46.1 Å². The van der Waals surface area contributed by atoms with E-state index in [9.17, 15) is 0 Å². The Kier molecular flexibility index (Phi) is 3.04. The lowest BCUT2D eigenvalue weighted by atomic mass is 9.99. The van der Waals surface area contributed by atoms with Gasteiger partial charge in [-0.3, -0.25) is 4.98 Å². The predicted octanol–water partition coefficient (Wildman–Crippen LogP) is 3.14. The summed E-state index contributed by atoms with van der Waals surface area (Å²) in [6.07, 6.45) is 3.61. The molecule has 0 radical (unpaired) electrons. The van der Waals surface area contributed by atoms with Gasteiger partial charge in [-0.25, -0.2) is 0 Å². The third-order valence-electron chi connectivity index (χ3n) is 3.91. The van der Waals surface area contributed by atoms with E-state index in [4.69, 9.17) is 4.98 Å². The van der Waals surface area contributed by atoms with Crippen LogP contribution >= 0.6 is 0 Å². The van der Waals surface area contributed by atoms with E-state index >= 15 is 0 Å². The van der Waals surface area contributed by atoms with Crippen LogP contribution in [0.4, 0.5) is 0 Å². The summed E-state index contributed by atoms with van der Waals surface area (Å²) in [5.41, 5.74) is 6.82. The highest BCUT2D eigenvalue weighted by molar-refractivity contribution is 5.86. The molecule has 2 aromatic rings. The molecule has 94 valence electrons. The number of aryl methyl sites for hydroxylation is 2. The molecule has 0 saturated heterocycles. The Labute approximate surface area is 108 Å². The summed E-state index contributed by atoms with van der Waals surface area (Å²) in [7, 11) is 0. The standard InChI is InChI=1S/C16H20N2/c1-3-17-10-14-12-7-5-9-15(12)18-16-11(2)6-4-8-13(14)16/h4,6,8,17H,3,5,7,9-10H2,1-2H3. The van der Waals surface area contributed by atoms with Gasteiger partial charge in [-0.15, -0.1) is 0 Å². The van der Waals surface area contributed by atoms with E-state index in [0.717, 1.165) is 19.5 Å². The smallest absolute Gasteiger partial charge is 0.0737 e. The molecule has 3 rings (SSSR count). The number of nitrogens with zero attached hydrogens (tertiary/aromatic N) is 1. The average Bonchev–Trinajstić information content (AvgIpc) is 2.83. The fraction of sp³-hybridized carbons (Fsp3) is 0.438. The molecule has 0 unspecified atom stereocenters. The summed E-state index contributed by atoms with van der Waals surface area (Å²) in [5, 5.41) is 4.82. The van der Waals surface area contributed by atoms with E-state index in [-0.39, 0.29) is 0 Å². The molecule has 1 aromatic carbocycles. The SMILES string of the molecule is CCNCc1c2c(nc3c(C)cccc13)CCC2. The predicted molar refractivity (Wildman–Crippen MR) is 75.9 cm³/mol. The molecule has 0 fully saturated rings. The van der Waals surface area contributed by atoms with Crippen LogP contribution in [0.15, 0.2) is 18.2 Å². The summed E-state index contributed by atoms with van der Waals surface area (Å²) in [4.78, 5) is 4.90. The molecular formula is C16H20N2. The Morgan fingerprint density at radius 3 is 3.00 bits per heavy atom. The summed E-state index contributed by atoms with van der Waals surface area (Å²) in [5.74, 6) is 0. The number of pyridine rings is 1. The fourth-order valence-electron chi connectivity index (χ4n) is 2.98. The van der Waals surface area contributed by atoms with Crippen molar-refractivity contribution in [2.75, 3.05) is 6.54 Å². The molecule has 0 amide bonds. The van der Waals surface area contributed by atoms with Gasteiger partial charge < -0.3 is 5.32 Å². The number of para-hydroxylation sites is 1. The van der Waals surface area contributed by atoms with Gasteiger partial charge in [-0.1, -0.05) is 25.1 Å². The van der Waals surface area contributed by atoms with Gasteiger partial charge in [0, 0.05) is 17.6 Å². The van der Waals surface area contributed by atoms with Crippen molar-refractivity contribution in [2.45, 2.75) is 39.7 Å². The van der Waals surface area contributed by atoms with Gasteiger partial charge in [0.05, 0.1) is 5.52 Å². The molecule has 2 nitrogen and oxygen atoms in total. The second kappa shape index (κ2) is 4.69. The van der Waals surface area contributed by atoms with Crippen LogP contribution < -0.4 is 5.32 Å². The Morgan fingerprint density at radius 1 is 1.28 bits per heavy atom. The van der Waals surface area contributed by atoms with Crippen LogP contribution in [-0.4, -0.2) is 11.5 Å². The van der Waals surface area contributed by atoms with Gasteiger partial charge in [0.1, 0.15) is 0 Å². The van der Waals surface area contributed by atoms with Crippen molar-refractivity contribution in [1.82, 2.24) is 10.3 Å². The molecule has 1 aliphatic carbocycles. The van der Waals surface area contributed by atoms with E-state index in [1.54, 1.807) is 0 Å². The van der Waals surface area contributed by atoms with Crippen molar-refractivity contribution >= 4 is 10.9 Å². The Hall–Kier alpha value is -1.41. The highest BCUT2D eigenvalue weighted by Gasteiger charge is 2.19. The second-order valence-electron chi connectivity index (χ2n) is 5.12. The fourth-order valence-corrected chi connectivity index (χ4v) is 2.98. The largest absolute Gasteiger partial charge is 0.313 e. The Balaban J connectivity index is 2.25.